The maximum absolute atomic E-state index is 12.9. The van der Waals surface area contributed by atoms with Crippen LogP contribution in [0, 0.1) is 6.92 Å². The molecule has 127 valence electrons. The highest BCUT2D eigenvalue weighted by atomic mass is 35.5. The minimum Gasteiger partial charge on any atom is -0.492 e. The standard InChI is InChI=1S/C18H19ClNO3S/c1-14-10-15(19)12-18(11-14)24(21,22)20-9-5-6-16(20)13-23-17-7-3-2-4-8-17/h2-4,7-8,10-12,16H,1,5-6,9,13H2. The molecule has 0 spiro atoms. The smallest absolute Gasteiger partial charge is 0.243 e. The van der Waals surface area contributed by atoms with Crippen molar-refractivity contribution in [3.63, 3.8) is 0 Å². The van der Waals surface area contributed by atoms with E-state index in [4.69, 9.17) is 16.3 Å². The van der Waals surface area contributed by atoms with Crippen LogP contribution in [-0.2, 0) is 10.0 Å². The number of sulfonamides is 1. The number of benzene rings is 2. The van der Waals surface area contributed by atoms with Gasteiger partial charge in [-0.25, -0.2) is 8.42 Å². The molecule has 0 bridgehead atoms. The molecule has 0 aliphatic carbocycles. The summed E-state index contributed by atoms with van der Waals surface area (Å²) in [6.07, 6.45) is 1.60. The summed E-state index contributed by atoms with van der Waals surface area (Å²) in [5.41, 5.74) is 0.581. The van der Waals surface area contributed by atoms with Crippen LogP contribution in [0.5, 0.6) is 5.75 Å². The third kappa shape index (κ3) is 3.74. The molecule has 0 aromatic heterocycles. The van der Waals surface area contributed by atoms with Crippen molar-refractivity contribution >= 4 is 21.6 Å². The van der Waals surface area contributed by atoms with Gasteiger partial charge in [-0.3, -0.25) is 0 Å². The topological polar surface area (TPSA) is 46.6 Å². The van der Waals surface area contributed by atoms with Crippen LogP contribution in [0.25, 0.3) is 0 Å². The van der Waals surface area contributed by atoms with Gasteiger partial charge in [-0.2, -0.15) is 4.31 Å². The van der Waals surface area contributed by atoms with E-state index in [0.29, 0.717) is 23.7 Å². The number of hydrogen-bond donors (Lipinski definition) is 0. The third-order valence-electron chi connectivity index (χ3n) is 4.05. The Labute approximate surface area is 148 Å². The van der Waals surface area contributed by atoms with Crippen molar-refractivity contribution in [3.8, 4) is 5.75 Å². The van der Waals surface area contributed by atoms with Gasteiger partial charge in [0.2, 0.25) is 10.0 Å². The second kappa shape index (κ2) is 7.13. The normalized spacial score (nSPS) is 18.7. The summed E-state index contributed by atoms with van der Waals surface area (Å²) in [6, 6.07) is 13.9. The first-order valence-electron chi connectivity index (χ1n) is 7.79. The number of ether oxygens (including phenoxy) is 1. The summed E-state index contributed by atoms with van der Waals surface area (Å²) >= 11 is 5.99. The van der Waals surface area contributed by atoms with Crippen LogP contribution in [0.15, 0.2) is 53.4 Å². The number of halogens is 1. The first-order valence-corrected chi connectivity index (χ1v) is 9.61. The summed E-state index contributed by atoms with van der Waals surface area (Å²) in [7, 11) is -3.61. The summed E-state index contributed by atoms with van der Waals surface area (Å²) in [5.74, 6) is 0.740. The molecule has 2 aromatic carbocycles. The molecule has 6 heteroatoms. The van der Waals surface area contributed by atoms with Crippen LogP contribution in [0.3, 0.4) is 0 Å². The van der Waals surface area contributed by atoms with Crippen LogP contribution >= 0.6 is 11.6 Å². The zero-order valence-corrected chi connectivity index (χ0v) is 14.8. The van der Waals surface area contributed by atoms with Gasteiger partial charge in [-0.05, 0) is 55.7 Å². The fraction of sp³-hybridized carbons (Fsp3) is 0.278. The minimum absolute atomic E-state index is 0.178. The molecule has 24 heavy (non-hydrogen) atoms. The number of nitrogens with zero attached hydrogens (tertiary/aromatic N) is 1. The second-order valence-corrected chi connectivity index (χ2v) is 8.16. The first-order chi connectivity index (χ1) is 11.5. The van der Waals surface area contributed by atoms with Crippen LogP contribution in [0.2, 0.25) is 5.02 Å². The van der Waals surface area contributed by atoms with E-state index in [2.05, 4.69) is 6.92 Å². The summed E-state index contributed by atoms with van der Waals surface area (Å²) < 4.78 is 33.2. The molecule has 1 unspecified atom stereocenters. The van der Waals surface area contributed by atoms with Crippen molar-refractivity contribution < 1.29 is 13.2 Å². The highest BCUT2D eigenvalue weighted by molar-refractivity contribution is 7.89. The fourth-order valence-corrected chi connectivity index (χ4v) is 5.00. The van der Waals surface area contributed by atoms with Crippen molar-refractivity contribution in [2.75, 3.05) is 13.2 Å². The molecule has 1 aliphatic heterocycles. The molecule has 1 radical (unpaired) electrons. The first kappa shape index (κ1) is 17.3. The zero-order valence-electron chi connectivity index (χ0n) is 13.2. The van der Waals surface area contributed by atoms with E-state index in [1.54, 1.807) is 12.1 Å². The largest absolute Gasteiger partial charge is 0.492 e. The highest BCUT2D eigenvalue weighted by Gasteiger charge is 2.35. The molecule has 4 nitrogen and oxygen atoms in total. The predicted octanol–water partition coefficient (Wildman–Crippen LogP) is 3.75. The molecular weight excluding hydrogens is 346 g/mol. The fourth-order valence-electron chi connectivity index (χ4n) is 2.91. The van der Waals surface area contributed by atoms with Gasteiger partial charge < -0.3 is 4.74 Å². The predicted molar refractivity (Wildman–Crippen MR) is 94.8 cm³/mol. The molecule has 1 aliphatic rings. The van der Waals surface area contributed by atoms with E-state index in [1.807, 2.05) is 30.3 Å². The monoisotopic (exact) mass is 364 g/mol. The van der Waals surface area contributed by atoms with Crippen LogP contribution in [0.4, 0.5) is 0 Å². The van der Waals surface area contributed by atoms with Crippen molar-refractivity contribution in [1.82, 2.24) is 4.31 Å². The molecule has 1 saturated heterocycles. The molecule has 1 heterocycles. The Hall–Kier alpha value is -1.56. The van der Waals surface area contributed by atoms with E-state index in [-0.39, 0.29) is 10.9 Å². The Morgan fingerprint density at radius 3 is 2.67 bits per heavy atom. The van der Waals surface area contributed by atoms with Crippen LogP contribution in [0.1, 0.15) is 18.4 Å². The Balaban J connectivity index is 1.78. The van der Waals surface area contributed by atoms with E-state index >= 15 is 0 Å². The van der Waals surface area contributed by atoms with Crippen molar-refractivity contribution in [3.05, 3.63) is 66.0 Å². The molecular formula is C18H19ClNO3S. The van der Waals surface area contributed by atoms with Gasteiger partial charge in [0.05, 0.1) is 10.9 Å². The molecule has 2 aromatic rings. The molecule has 0 amide bonds. The van der Waals surface area contributed by atoms with Gasteiger partial charge in [-0.15, -0.1) is 0 Å². The third-order valence-corrected chi connectivity index (χ3v) is 6.19. The maximum Gasteiger partial charge on any atom is 0.243 e. The Bertz CT molecular complexity index is 788. The number of para-hydroxylation sites is 1. The van der Waals surface area contributed by atoms with Crippen molar-refractivity contribution in [1.29, 1.82) is 0 Å². The number of rotatable bonds is 5. The Kier molecular flexibility index (Phi) is 5.13. The molecule has 1 fully saturated rings. The van der Waals surface area contributed by atoms with Gasteiger partial charge in [0, 0.05) is 11.6 Å². The number of hydrogen-bond acceptors (Lipinski definition) is 3. The Morgan fingerprint density at radius 2 is 1.96 bits per heavy atom. The van der Waals surface area contributed by atoms with Gasteiger partial charge in [-0.1, -0.05) is 29.8 Å². The van der Waals surface area contributed by atoms with E-state index in [1.165, 1.54) is 10.4 Å². The Morgan fingerprint density at radius 1 is 1.21 bits per heavy atom. The quantitative estimate of drug-likeness (QED) is 0.811. The molecule has 0 saturated carbocycles. The van der Waals surface area contributed by atoms with Gasteiger partial charge in [0.1, 0.15) is 12.4 Å². The van der Waals surface area contributed by atoms with Gasteiger partial charge in [0.15, 0.2) is 0 Å². The van der Waals surface area contributed by atoms with Crippen LogP contribution in [-0.4, -0.2) is 31.9 Å². The van der Waals surface area contributed by atoms with Crippen molar-refractivity contribution in [2.45, 2.75) is 23.8 Å². The minimum atomic E-state index is -3.61. The average molecular weight is 365 g/mol. The van der Waals surface area contributed by atoms with E-state index in [0.717, 1.165) is 18.6 Å². The maximum atomic E-state index is 12.9. The lowest BCUT2D eigenvalue weighted by atomic mass is 10.2. The molecule has 3 rings (SSSR count). The highest BCUT2D eigenvalue weighted by Crippen LogP contribution is 2.28. The van der Waals surface area contributed by atoms with Gasteiger partial charge in [0.25, 0.3) is 0 Å². The SMILES string of the molecule is [CH2]c1cc(Cl)cc(S(=O)(=O)N2CCCC2COc2ccccc2)c1. The van der Waals surface area contributed by atoms with E-state index < -0.39 is 10.0 Å². The lowest BCUT2D eigenvalue weighted by Crippen LogP contribution is -2.39. The van der Waals surface area contributed by atoms with E-state index in [9.17, 15) is 8.42 Å². The van der Waals surface area contributed by atoms with Crippen LogP contribution < -0.4 is 4.74 Å². The lowest BCUT2D eigenvalue weighted by molar-refractivity contribution is 0.232. The van der Waals surface area contributed by atoms with Gasteiger partial charge >= 0.3 is 0 Å². The summed E-state index contributed by atoms with van der Waals surface area (Å²) in [4.78, 5) is 0.187. The lowest BCUT2D eigenvalue weighted by Gasteiger charge is -2.24. The summed E-state index contributed by atoms with van der Waals surface area (Å²) in [6.45, 7) is 4.61. The molecule has 0 N–H and O–H groups in total. The summed E-state index contributed by atoms with van der Waals surface area (Å²) in [5, 5.41) is 0.373. The second-order valence-electron chi connectivity index (χ2n) is 5.83. The molecule has 1 atom stereocenters. The average Bonchev–Trinajstić information content (AvgIpc) is 3.02. The van der Waals surface area contributed by atoms with Crippen molar-refractivity contribution in [2.24, 2.45) is 0 Å². The zero-order chi connectivity index (χ0) is 17.2.